The molecule has 0 saturated carbocycles. The van der Waals surface area contributed by atoms with E-state index < -0.39 is 10.0 Å². The fourth-order valence-electron chi connectivity index (χ4n) is 3.93. The molecule has 0 radical (unpaired) electrons. The first-order chi connectivity index (χ1) is 12.4. The van der Waals surface area contributed by atoms with Gasteiger partial charge in [0, 0.05) is 24.8 Å². The summed E-state index contributed by atoms with van der Waals surface area (Å²) < 4.78 is 25.5. The van der Waals surface area contributed by atoms with Crippen molar-refractivity contribution in [1.29, 1.82) is 0 Å². The first-order valence-electron chi connectivity index (χ1n) is 9.60. The third-order valence-corrected chi connectivity index (χ3v) is 7.26. The zero-order valence-electron chi connectivity index (χ0n) is 15.6. The topological polar surface area (TPSA) is 69.7 Å². The average Bonchev–Trinajstić information content (AvgIpc) is 3.00. The van der Waals surface area contributed by atoms with Crippen LogP contribution in [-0.2, 0) is 14.8 Å². The highest BCUT2D eigenvalue weighted by Gasteiger charge is 2.29. The monoisotopic (exact) mass is 379 g/mol. The molecule has 1 aromatic carbocycles. The van der Waals surface area contributed by atoms with Crippen LogP contribution < -0.4 is 9.62 Å². The van der Waals surface area contributed by atoms with Crippen molar-refractivity contribution in [2.75, 3.05) is 28.5 Å². The molecule has 2 saturated heterocycles. The third kappa shape index (κ3) is 3.98. The summed E-state index contributed by atoms with van der Waals surface area (Å²) in [6.45, 7) is 5.41. The van der Waals surface area contributed by atoms with E-state index in [2.05, 4.69) is 12.2 Å². The van der Waals surface area contributed by atoms with Crippen LogP contribution >= 0.6 is 0 Å². The zero-order chi connectivity index (χ0) is 18.7. The number of nitrogens with one attached hydrogen (secondary N) is 1. The SMILES string of the molecule is CCC1CCCCN1C(=O)C(C)Nc1ccc(N2CCCS2(=O)=O)cc1. The maximum absolute atomic E-state index is 12.8. The van der Waals surface area contributed by atoms with Crippen LogP contribution in [0.2, 0.25) is 0 Å². The molecule has 1 N–H and O–H groups in total. The van der Waals surface area contributed by atoms with Gasteiger partial charge in [-0.1, -0.05) is 6.92 Å². The molecule has 3 rings (SSSR count). The van der Waals surface area contributed by atoms with E-state index >= 15 is 0 Å². The summed E-state index contributed by atoms with van der Waals surface area (Å²) in [6, 6.07) is 7.35. The summed E-state index contributed by atoms with van der Waals surface area (Å²) in [6.07, 6.45) is 5.03. The molecule has 0 spiro atoms. The van der Waals surface area contributed by atoms with Crippen molar-refractivity contribution in [3.8, 4) is 0 Å². The van der Waals surface area contributed by atoms with Crippen molar-refractivity contribution in [2.24, 2.45) is 0 Å². The summed E-state index contributed by atoms with van der Waals surface area (Å²) >= 11 is 0. The van der Waals surface area contributed by atoms with Gasteiger partial charge in [-0.25, -0.2) is 8.42 Å². The number of carbonyl (C=O) groups is 1. The van der Waals surface area contributed by atoms with Crippen molar-refractivity contribution >= 4 is 27.3 Å². The Morgan fingerprint density at radius 3 is 2.54 bits per heavy atom. The van der Waals surface area contributed by atoms with Crippen LogP contribution in [0.15, 0.2) is 24.3 Å². The molecule has 0 bridgehead atoms. The van der Waals surface area contributed by atoms with Crippen LogP contribution in [0.3, 0.4) is 0 Å². The Morgan fingerprint density at radius 1 is 1.19 bits per heavy atom. The molecule has 1 amide bonds. The summed E-state index contributed by atoms with van der Waals surface area (Å²) in [5.41, 5.74) is 1.52. The number of hydrogen-bond acceptors (Lipinski definition) is 4. The molecule has 2 aliphatic heterocycles. The minimum absolute atomic E-state index is 0.141. The molecule has 0 aliphatic carbocycles. The molecule has 6 nitrogen and oxygen atoms in total. The molecule has 7 heteroatoms. The van der Waals surface area contributed by atoms with Crippen molar-refractivity contribution in [3.05, 3.63) is 24.3 Å². The number of sulfonamides is 1. The predicted octanol–water partition coefficient (Wildman–Crippen LogP) is 2.82. The number of benzene rings is 1. The lowest BCUT2D eigenvalue weighted by Gasteiger charge is -2.37. The number of amides is 1. The lowest BCUT2D eigenvalue weighted by molar-refractivity contribution is -0.135. The zero-order valence-corrected chi connectivity index (χ0v) is 16.5. The molecule has 2 fully saturated rings. The van der Waals surface area contributed by atoms with Gasteiger partial charge < -0.3 is 10.2 Å². The number of rotatable bonds is 5. The minimum atomic E-state index is -3.16. The average molecular weight is 380 g/mol. The maximum atomic E-state index is 12.8. The van der Waals surface area contributed by atoms with Crippen LogP contribution in [0.1, 0.15) is 46.0 Å². The lowest BCUT2D eigenvalue weighted by atomic mass is 9.99. The molecule has 2 unspecified atom stereocenters. The van der Waals surface area contributed by atoms with Crippen molar-refractivity contribution in [2.45, 2.75) is 58.0 Å². The summed E-state index contributed by atoms with van der Waals surface area (Å²) in [4.78, 5) is 14.8. The van der Waals surface area contributed by atoms with Crippen LogP contribution in [0.25, 0.3) is 0 Å². The second kappa shape index (κ2) is 7.86. The minimum Gasteiger partial charge on any atom is -0.374 e. The molecule has 2 atom stereocenters. The van der Waals surface area contributed by atoms with Gasteiger partial charge in [-0.2, -0.15) is 0 Å². The molecule has 2 heterocycles. The number of piperidine rings is 1. The van der Waals surface area contributed by atoms with Gasteiger partial charge in [0.05, 0.1) is 11.4 Å². The van der Waals surface area contributed by atoms with Crippen LogP contribution in [0.4, 0.5) is 11.4 Å². The second-order valence-corrected chi connectivity index (χ2v) is 9.26. The molecule has 2 aliphatic rings. The van der Waals surface area contributed by atoms with E-state index in [0.717, 1.165) is 31.5 Å². The predicted molar refractivity (Wildman–Crippen MR) is 105 cm³/mol. The highest BCUT2D eigenvalue weighted by Crippen LogP contribution is 2.26. The van der Waals surface area contributed by atoms with Gasteiger partial charge >= 0.3 is 0 Å². The van der Waals surface area contributed by atoms with Gasteiger partial charge in [-0.15, -0.1) is 0 Å². The van der Waals surface area contributed by atoms with Crippen molar-refractivity contribution in [3.63, 3.8) is 0 Å². The number of hydrogen-bond donors (Lipinski definition) is 1. The summed E-state index contributed by atoms with van der Waals surface area (Å²) in [5, 5.41) is 3.26. The van der Waals surface area contributed by atoms with E-state index in [1.165, 1.54) is 10.7 Å². The van der Waals surface area contributed by atoms with Crippen LogP contribution in [0.5, 0.6) is 0 Å². The van der Waals surface area contributed by atoms with Crippen molar-refractivity contribution in [1.82, 2.24) is 4.90 Å². The first-order valence-corrected chi connectivity index (χ1v) is 11.2. The van der Waals surface area contributed by atoms with E-state index in [4.69, 9.17) is 0 Å². The Kier molecular flexibility index (Phi) is 5.75. The normalized spacial score (nSPS) is 23.7. The smallest absolute Gasteiger partial charge is 0.245 e. The van der Waals surface area contributed by atoms with E-state index in [1.54, 1.807) is 12.1 Å². The molecular weight excluding hydrogens is 350 g/mol. The fourth-order valence-corrected chi connectivity index (χ4v) is 5.49. The number of anilines is 2. The number of nitrogens with zero attached hydrogens (tertiary/aromatic N) is 2. The Bertz CT molecular complexity index is 733. The standard InChI is InChI=1S/C19H29N3O3S/c1-3-17-7-4-5-12-21(17)19(23)15(2)20-16-8-10-18(11-9-16)22-13-6-14-26(22,24)25/h8-11,15,17,20H,3-7,12-14H2,1-2H3. The summed E-state index contributed by atoms with van der Waals surface area (Å²) in [7, 11) is -3.16. The van der Waals surface area contributed by atoms with E-state index in [1.807, 2.05) is 24.0 Å². The van der Waals surface area contributed by atoms with E-state index in [9.17, 15) is 13.2 Å². The van der Waals surface area contributed by atoms with Crippen LogP contribution in [0, 0.1) is 0 Å². The molecule has 26 heavy (non-hydrogen) atoms. The van der Waals surface area contributed by atoms with Crippen LogP contribution in [-0.4, -0.2) is 50.2 Å². The molecule has 0 aromatic heterocycles. The Labute approximate surface area is 156 Å². The second-order valence-electron chi connectivity index (χ2n) is 7.24. The maximum Gasteiger partial charge on any atom is 0.245 e. The summed E-state index contributed by atoms with van der Waals surface area (Å²) in [5.74, 6) is 0.357. The number of likely N-dealkylation sites (tertiary alicyclic amines) is 1. The highest BCUT2D eigenvalue weighted by atomic mass is 32.2. The molecule has 1 aromatic rings. The first kappa shape index (κ1) is 19.0. The molecule has 144 valence electrons. The Morgan fingerprint density at radius 2 is 1.92 bits per heavy atom. The third-order valence-electron chi connectivity index (χ3n) is 5.39. The van der Waals surface area contributed by atoms with Gasteiger partial charge in [0.2, 0.25) is 15.9 Å². The van der Waals surface area contributed by atoms with Gasteiger partial charge in [-0.05, 0) is 63.3 Å². The highest BCUT2D eigenvalue weighted by molar-refractivity contribution is 7.93. The Balaban J connectivity index is 1.64. The quantitative estimate of drug-likeness (QED) is 0.854. The van der Waals surface area contributed by atoms with Crippen molar-refractivity contribution < 1.29 is 13.2 Å². The van der Waals surface area contributed by atoms with Gasteiger partial charge in [0.1, 0.15) is 6.04 Å². The number of carbonyl (C=O) groups excluding carboxylic acids is 1. The Hall–Kier alpha value is -1.76. The van der Waals surface area contributed by atoms with Gasteiger partial charge in [0.25, 0.3) is 0 Å². The lowest BCUT2D eigenvalue weighted by Crippen LogP contribution is -2.49. The molecular formula is C19H29N3O3S. The largest absolute Gasteiger partial charge is 0.374 e. The van der Waals surface area contributed by atoms with E-state index in [0.29, 0.717) is 24.7 Å². The van der Waals surface area contributed by atoms with Gasteiger partial charge in [-0.3, -0.25) is 9.10 Å². The van der Waals surface area contributed by atoms with Gasteiger partial charge in [0.15, 0.2) is 0 Å². The van der Waals surface area contributed by atoms with E-state index in [-0.39, 0.29) is 17.7 Å². The fraction of sp³-hybridized carbons (Fsp3) is 0.632.